The van der Waals surface area contributed by atoms with Crippen molar-refractivity contribution in [3.05, 3.63) is 34.7 Å². The summed E-state index contributed by atoms with van der Waals surface area (Å²) in [6.45, 7) is 6.95. The van der Waals surface area contributed by atoms with Crippen LogP contribution in [-0.4, -0.2) is 39.1 Å². The van der Waals surface area contributed by atoms with Gasteiger partial charge in [-0.15, -0.1) is 11.8 Å². The van der Waals surface area contributed by atoms with Crippen LogP contribution in [-0.2, 0) is 14.3 Å². The second kappa shape index (κ2) is 7.09. The number of carbonyl (C=O) groups is 2. The third-order valence-corrected chi connectivity index (χ3v) is 4.31. The zero-order chi connectivity index (χ0) is 18.0. The van der Waals surface area contributed by atoms with Crippen LogP contribution < -0.4 is 0 Å². The minimum atomic E-state index is -0.701. The minimum absolute atomic E-state index is 0.0828. The van der Waals surface area contributed by atoms with Gasteiger partial charge in [-0.1, -0.05) is 6.07 Å². The lowest BCUT2D eigenvalue weighted by Crippen LogP contribution is -2.15. The number of ether oxygens (including phenoxy) is 1. The van der Waals surface area contributed by atoms with Crippen LogP contribution in [0, 0.1) is 13.8 Å². The van der Waals surface area contributed by atoms with Crippen molar-refractivity contribution in [3.8, 4) is 5.88 Å². The Kier molecular flexibility index (Phi) is 5.33. The molecule has 128 valence electrons. The Morgan fingerprint density at radius 1 is 1.38 bits per heavy atom. The Morgan fingerprint density at radius 2 is 2.04 bits per heavy atom. The molecule has 7 heteroatoms. The molecule has 24 heavy (non-hydrogen) atoms. The predicted molar refractivity (Wildman–Crippen MR) is 94.1 cm³/mol. The third-order valence-electron chi connectivity index (χ3n) is 3.50. The highest BCUT2D eigenvalue weighted by molar-refractivity contribution is 8.07. The normalized spacial score (nSPS) is 12.2. The number of Topliss-reactive ketones (excluding diaryl/α,β-unsaturated/α-hetero) is 1. The lowest BCUT2D eigenvalue weighted by Gasteiger charge is -2.11. The van der Waals surface area contributed by atoms with Crippen molar-refractivity contribution in [2.24, 2.45) is 0 Å². The van der Waals surface area contributed by atoms with Crippen LogP contribution in [0.3, 0.4) is 0 Å². The molecule has 0 saturated carbocycles. The van der Waals surface area contributed by atoms with Crippen molar-refractivity contribution in [1.29, 1.82) is 0 Å². The van der Waals surface area contributed by atoms with E-state index in [0.29, 0.717) is 16.2 Å². The van der Waals surface area contributed by atoms with E-state index in [0.717, 1.165) is 11.1 Å². The minimum Gasteiger partial charge on any atom is -0.492 e. The zero-order valence-electron chi connectivity index (χ0n) is 14.3. The number of rotatable bonds is 5. The lowest BCUT2D eigenvalue weighted by atomic mass is 10.1. The van der Waals surface area contributed by atoms with Gasteiger partial charge in [-0.2, -0.15) is 4.98 Å². The number of carbonyl (C=O) groups excluding carboxylic acids is 2. The number of esters is 1. The summed E-state index contributed by atoms with van der Waals surface area (Å²) >= 11 is 1.20. The lowest BCUT2D eigenvalue weighted by molar-refractivity contribution is -0.139. The molecule has 2 aromatic rings. The number of pyridine rings is 1. The first kappa shape index (κ1) is 18.1. The van der Waals surface area contributed by atoms with E-state index in [1.54, 1.807) is 17.6 Å². The average Bonchev–Trinajstić information content (AvgIpc) is 2.81. The number of nitrogens with zero attached hydrogens (tertiary/aromatic N) is 2. The highest BCUT2D eigenvalue weighted by atomic mass is 32.2. The van der Waals surface area contributed by atoms with Gasteiger partial charge in [-0.05, 0) is 45.1 Å². The van der Waals surface area contributed by atoms with Gasteiger partial charge in [0.15, 0.2) is 5.78 Å². The summed E-state index contributed by atoms with van der Waals surface area (Å²) in [5, 5.41) is 10.4. The fraction of sp³-hybridized carbons (Fsp3) is 0.353. The topological polar surface area (TPSA) is 80.9 Å². The maximum atomic E-state index is 12.2. The molecule has 0 unspecified atom stereocenters. The van der Waals surface area contributed by atoms with Gasteiger partial charge in [0.2, 0.25) is 5.88 Å². The molecule has 0 saturated heterocycles. The number of hydrogen-bond donors (Lipinski definition) is 1. The smallest absolute Gasteiger partial charge is 0.342 e. The van der Waals surface area contributed by atoms with Crippen LogP contribution in [0.2, 0.25) is 0 Å². The van der Waals surface area contributed by atoms with E-state index >= 15 is 0 Å². The Labute approximate surface area is 144 Å². The molecule has 0 fully saturated rings. The molecule has 2 heterocycles. The molecule has 2 rings (SSSR count). The predicted octanol–water partition coefficient (Wildman–Crippen LogP) is 2.88. The van der Waals surface area contributed by atoms with Crippen LogP contribution in [0.15, 0.2) is 17.8 Å². The average molecular weight is 348 g/mol. The number of fused-ring (bicyclic) bond motifs is 1. The van der Waals surface area contributed by atoms with Gasteiger partial charge in [0, 0.05) is 6.20 Å². The van der Waals surface area contributed by atoms with E-state index in [1.165, 1.54) is 18.7 Å². The Bertz CT molecular complexity index is 852. The zero-order valence-corrected chi connectivity index (χ0v) is 15.2. The molecular weight excluding hydrogens is 328 g/mol. The molecule has 6 nitrogen and oxygen atoms in total. The molecule has 2 aromatic heterocycles. The van der Waals surface area contributed by atoms with Gasteiger partial charge in [-0.3, -0.25) is 9.20 Å². The van der Waals surface area contributed by atoms with Crippen LogP contribution in [0.5, 0.6) is 5.88 Å². The number of aromatic hydroxyl groups is 1. The van der Waals surface area contributed by atoms with Crippen LogP contribution in [0.25, 0.3) is 10.6 Å². The number of aryl methyl sites for hydroxylation is 2. The Morgan fingerprint density at radius 3 is 2.58 bits per heavy atom. The van der Waals surface area contributed by atoms with Crippen LogP contribution in [0.1, 0.15) is 30.7 Å². The van der Waals surface area contributed by atoms with Crippen molar-refractivity contribution in [2.75, 3.05) is 12.9 Å². The highest BCUT2D eigenvalue weighted by Crippen LogP contribution is 2.36. The molecule has 1 N–H and O–H groups in total. The summed E-state index contributed by atoms with van der Waals surface area (Å²) in [5.74, 6) is -1.35. The summed E-state index contributed by atoms with van der Waals surface area (Å²) < 4.78 is 6.71. The van der Waals surface area contributed by atoms with E-state index in [4.69, 9.17) is 4.74 Å². The fourth-order valence-corrected chi connectivity index (χ4v) is 3.41. The van der Waals surface area contributed by atoms with Gasteiger partial charge in [0.25, 0.3) is 0 Å². The first-order valence-electron chi connectivity index (χ1n) is 7.46. The maximum Gasteiger partial charge on any atom is 0.342 e. The van der Waals surface area contributed by atoms with E-state index in [-0.39, 0.29) is 18.1 Å². The molecule has 0 spiro atoms. The van der Waals surface area contributed by atoms with Crippen molar-refractivity contribution in [2.45, 2.75) is 27.7 Å². The summed E-state index contributed by atoms with van der Waals surface area (Å²) in [6, 6.07) is 1.95. The number of aromatic nitrogens is 2. The monoisotopic (exact) mass is 348 g/mol. The first-order valence-corrected chi connectivity index (χ1v) is 8.69. The quantitative estimate of drug-likeness (QED) is 0.387. The molecule has 0 aliphatic heterocycles. The van der Waals surface area contributed by atoms with Gasteiger partial charge in [0.1, 0.15) is 16.9 Å². The second-order valence-electron chi connectivity index (χ2n) is 5.36. The summed E-state index contributed by atoms with van der Waals surface area (Å²) in [5.41, 5.74) is 2.67. The summed E-state index contributed by atoms with van der Waals surface area (Å²) in [6.07, 6.45) is 3.54. The van der Waals surface area contributed by atoms with Crippen LogP contribution in [0.4, 0.5) is 0 Å². The number of hydrogen-bond acceptors (Lipinski definition) is 6. The standard InChI is InChI=1S/C17H20N2O4S/c1-6-23-17(22)12(11(4)20)14(24-5)13-16(21)18-15-10(3)7-9(2)8-19(13)15/h7-8,21H,6H2,1-5H3/b14-12-. The van der Waals surface area contributed by atoms with Crippen molar-refractivity contribution < 1.29 is 19.4 Å². The van der Waals surface area contributed by atoms with E-state index < -0.39 is 11.8 Å². The second-order valence-corrected chi connectivity index (χ2v) is 6.18. The van der Waals surface area contributed by atoms with E-state index in [9.17, 15) is 14.7 Å². The maximum absolute atomic E-state index is 12.2. The number of thioether (sulfide) groups is 1. The van der Waals surface area contributed by atoms with Crippen molar-refractivity contribution in [3.63, 3.8) is 0 Å². The first-order chi connectivity index (χ1) is 11.3. The Hall–Kier alpha value is -2.28. The van der Waals surface area contributed by atoms with Crippen molar-refractivity contribution >= 4 is 34.1 Å². The van der Waals surface area contributed by atoms with Gasteiger partial charge >= 0.3 is 5.97 Å². The van der Waals surface area contributed by atoms with Gasteiger partial charge in [-0.25, -0.2) is 4.79 Å². The Balaban J connectivity index is 2.85. The number of ketones is 1. The molecule has 0 aliphatic carbocycles. The molecule has 0 aromatic carbocycles. The van der Waals surface area contributed by atoms with Crippen molar-refractivity contribution in [1.82, 2.24) is 9.38 Å². The summed E-state index contributed by atoms with van der Waals surface area (Å²) in [4.78, 5) is 28.8. The third kappa shape index (κ3) is 3.17. The number of imidazole rings is 1. The molecule has 0 amide bonds. The molecule has 0 radical (unpaired) electrons. The SMILES string of the molecule is CCOC(=O)/C(C(C)=O)=C(\SC)c1c(O)nc2c(C)cc(C)cn12. The van der Waals surface area contributed by atoms with E-state index in [2.05, 4.69) is 4.98 Å². The fourth-order valence-electron chi connectivity index (χ4n) is 2.60. The molecule has 0 bridgehead atoms. The highest BCUT2D eigenvalue weighted by Gasteiger charge is 2.27. The molecule has 0 atom stereocenters. The summed E-state index contributed by atoms with van der Waals surface area (Å²) in [7, 11) is 0. The molecular formula is C17H20N2O4S. The van der Waals surface area contributed by atoms with Crippen LogP contribution >= 0.6 is 11.8 Å². The van der Waals surface area contributed by atoms with Gasteiger partial charge in [0.05, 0.1) is 11.5 Å². The van der Waals surface area contributed by atoms with Gasteiger partial charge < -0.3 is 9.84 Å². The molecule has 0 aliphatic rings. The largest absolute Gasteiger partial charge is 0.492 e. The van der Waals surface area contributed by atoms with E-state index in [1.807, 2.05) is 26.1 Å².